The number of nitrogens with zero attached hydrogens (tertiary/aromatic N) is 1. The summed E-state index contributed by atoms with van der Waals surface area (Å²) >= 11 is 0. The zero-order chi connectivity index (χ0) is 8.27. The molecule has 1 rings (SSSR count). The number of allylic oxidation sites excluding steroid dienone is 3. The molecule has 1 heterocycles. The third kappa shape index (κ3) is 1.83. The molecular formula is C8H12N2O. The minimum absolute atomic E-state index is 0.734. The fourth-order valence-corrected chi connectivity index (χ4v) is 0.879. The Morgan fingerprint density at radius 1 is 1.64 bits per heavy atom. The molecule has 0 saturated carbocycles. The molecule has 1 N–H and O–H groups in total. The Labute approximate surface area is 66.4 Å². The molecule has 0 aromatic heterocycles. The number of hydrogen-bond donors (Lipinski definition) is 1. The Kier molecular flexibility index (Phi) is 2.31. The van der Waals surface area contributed by atoms with E-state index in [2.05, 4.69) is 5.32 Å². The second kappa shape index (κ2) is 3.23. The second-order valence-electron chi connectivity index (χ2n) is 2.58. The molecule has 0 spiro atoms. The van der Waals surface area contributed by atoms with Gasteiger partial charge in [0.1, 0.15) is 0 Å². The molecule has 0 bridgehead atoms. The molecule has 1 aliphatic rings. The van der Waals surface area contributed by atoms with Gasteiger partial charge in [-0.25, -0.2) is 0 Å². The fourth-order valence-electron chi connectivity index (χ4n) is 0.879. The topological polar surface area (TPSA) is 32.3 Å². The molecule has 3 heteroatoms. The van der Waals surface area contributed by atoms with Gasteiger partial charge >= 0.3 is 0 Å². The number of rotatable bonds is 2. The normalized spacial score (nSPS) is 16.2. The lowest BCUT2D eigenvalue weighted by Gasteiger charge is -2.19. The number of carbonyl (C=O) groups excluding carboxylic acids is 1. The lowest BCUT2D eigenvalue weighted by molar-refractivity contribution is -0.115. The van der Waals surface area contributed by atoms with Crippen molar-refractivity contribution in [2.24, 2.45) is 0 Å². The van der Waals surface area contributed by atoms with Crippen molar-refractivity contribution in [2.45, 2.75) is 6.92 Å². The molecule has 3 nitrogen and oxygen atoms in total. The summed E-state index contributed by atoms with van der Waals surface area (Å²) in [6.45, 7) is 2.73. The van der Waals surface area contributed by atoms with Gasteiger partial charge in [-0.1, -0.05) is 0 Å². The third-order valence-electron chi connectivity index (χ3n) is 1.69. The van der Waals surface area contributed by atoms with E-state index < -0.39 is 0 Å². The molecule has 11 heavy (non-hydrogen) atoms. The predicted octanol–water partition coefficient (Wildman–Crippen LogP) is 0.466. The van der Waals surface area contributed by atoms with Gasteiger partial charge in [0.2, 0.25) is 6.41 Å². The van der Waals surface area contributed by atoms with Crippen LogP contribution in [0.2, 0.25) is 0 Å². The molecule has 0 atom stereocenters. The van der Waals surface area contributed by atoms with Gasteiger partial charge in [-0.2, -0.15) is 0 Å². The van der Waals surface area contributed by atoms with E-state index >= 15 is 0 Å². The molecular weight excluding hydrogens is 140 g/mol. The maximum Gasteiger partial charge on any atom is 0.213 e. The van der Waals surface area contributed by atoms with Crippen LogP contribution < -0.4 is 5.32 Å². The molecule has 0 saturated heterocycles. The van der Waals surface area contributed by atoms with Gasteiger partial charge in [0.25, 0.3) is 0 Å². The average molecular weight is 152 g/mol. The number of dihydropyridines is 1. The first kappa shape index (κ1) is 7.85. The highest BCUT2D eigenvalue weighted by atomic mass is 16.1. The van der Waals surface area contributed by atoms with E-state index in [9.17, 15) is 4.79 Å². The van der Waals surface area contributed by atoms with Crippen LogP contribution >= 0.6 is 0 Å². The van der Waals surface area contributed by atoms with Crippen LogP contribution in [0.4, 0.5) is 0 Å². The molecule has 0 fully saturated rings. The van der Waals surface area contributed by atoms with Crippen molar-refractivity contribution in [1.29, 1.82) is 0 Å². The minimum Gasteiger partial charge on any atom is -0.383 e. The molecule has 0 aromatic rings. The Morgan fingerprint density at radius 2 is 2.36 bits per heavy atom. The predicted molar refractivity (Wildman–Crippen MR) is 43.7 cm³/mol. The van der Waals surface area contributed by atoms with Crippen LogP contribution in [-0.4, -0.2) is 24.9 Å². The highest BCUT2D eigenvalue weighted by molar-refractivity contribution is 5.51. The number of likely N-dealkylation sites (N-methyl/N-ethyl adjacent to an activating group) is 1. The summed E-state index contributed by atoms with van der Waals surface area (Å²) in [4.78, 5) is 11.9. The van der Waals surface area contributed by atoms with E-state index in [-0.39, 0.29) is 0 Å². The van der Waals surface area contributed by atoms with Crippen LogP contribution in [-0.2, 0) is 4.79 Å². The van der Waals surface area contributed by atoms with Crippen LogP contribution in [0.3, 0.4) is 0 Å². The van der Waals surface area contributed by atoms with Gasteiger partial charge in [0.15, 0.2) is 0 Å². The Hall–Kier alpha value is -1.25. The van der Waals surface area contributed by atoms with E-state index in [0.717, 1.165) is 24.3 Å². The van der Waals surface area contributed by atoms with Crippen molar-refractivity contribution in [1.82, 2.24) is 10.2 Å². The van der Waals surface area contributed by atoms with Crippen molar-refractivity contribution < 1.29 is 4.79 Å². The number of amides is 1. The van der Waals surface area contributed by atoms with Crippen LogP contribution in [0.15, 0.2) is 23.5 Å². The Balaban J connectivity index is 2.67. The zero-order valence-electron chi connectivity index (χ0n) is 6.79. The van der Waals surface area contributed by atoms with Gasteiger partial charge in [0.05, 0.1) is 6.54 Å². The van der Waals surface area contributed by atoms with Gasteiger partial charge in [-0.05, 0) is 19.1 Å². The molecule has 1 aliphatic heterocycles. The van der Waals surface area contributed by atoms with Gasteiger partial charge in [-0.15, -0.1) is 0 Å². The molecule has 0 aliphatic carbocycles. The molecule has 0 unspecified atom stereocenters. The Bertz CT molecular complexity index is 218. The molecule has 0 aromatic carbocycles. The van der Waals surface area contributed by atoms with Crippen LogP contribution in [0, 0.1) is 0 Å². The summed E-state index contributed by atoms with van der Waals surface area (Å²) in [5.74, 6) is 0. The highest BCUT2D eigenvalue weighted by Gasteiger charge is 2.04. The summed E-state index contributed by atoms with van der Waals surface area (Å²) in [6.07, 6.45) is 4.71. The quantitative estimate of drug-likeness (QED) is 0.583. The largest absolute Gasteiger partial charge is 0.383 e. The van der Waals surface area contributed by atoms with E-state index in [4.69, 9.17) is 0 Å². The first-order chi connectivity index (χ1) is 5.24. The number of nitrogens with one attached hydrogen (secondary N) is 1. The van der Waals surface area contributed by atoms with Crippen LogP contribution in [0.1, 0.15) is 6.92 Å². The maximum atomic E-state index is 10.3. The smallest absolute Gasteiger partial charge is 0.213 e. The SMILES string of the molecule is CC1=CC=C(N(C)C=O)CN1. The number of hydrogen-bond acceptors (Lipinski definition) is 2. The molecule has 1 amide bonds. The van der Waals surface area contributed by atoms with Crippen LogP contribution in [0.25, 0.3) is 0 Å². The van der Waals surface area contributed by atoms with Crippen molar-refractivity contribution in [2.75, 3.05) is 13.6 Å². The van der Waals surface area contributed by atoms with E-state index in [0.29, 0.717) is 0 Å². The Morgan fingerprint density at radius 3 is 2.82 bits per heavy atom. The lowest BCUT2D eigenvalue weighted by atomic mass is 10.2. The van der Waals surface area contributed by atoms with Crippen molar-refractivity contribution >= 4 is 6.41 Å². The summed E-state index contributed by atoms with van der Waals surface area (Å²) in [5.41, 5.74) is 2.12. The maximum absolute atomic E-state index is 10.3. The van der Waals surface area contributed by atoms with Crippen molar-refractivity contribution in [3.8, 4) is 0 Å². The second-order valence-corrected chi connectivity index (χ2v) is 2.58. The third-order valence-corrected chi connectivity index (χ3v) is 1.69. The summed E-state index contributed by atoms with van der Waals surface area (Å²) in [6, 6.07) is 0. The lowest BCUT2D eigenvalue weighted by Crippen LogP contribution is -2.27. The van der Waals surface area contributed by atoms with Gasteiger partial charge < -0.3 is 10.2 Å². The summed E-state index contributed by atoms with van der Waals surface area (Å²) in [7, 11) is 1.75. The van der Waals surface area contributed by atoms with E-state index in [1.165, 1.54) is 0 Å². The first-order valence-corrected chi connectivity index (χ1v) is 3.53. The number of carbonyl (C=O) groups is 1. The highest BCUT2D eigenvalue weighted by Crippen LogP contribution is 2.04. The average Bonchev–Trinajstić information content (AvgIpc) is 2.05. The van der Waals surface area contributed by atoms with E-state index in [1.54, 1.807) is 11.9 Å². The monoisotopic (exact) mass is 152 g/mol. The molecule has 60 valence electrons. The van der Waals surface area contributed by atoms with Crippen molar-refractivity contribution in [3.05, 3.63) is 23.5 Å². The van der Waals surface area contributed by atoms with Crippen molar-refractivity contribution in [3.63, 3.8) is 0 Å². The minimum atomic E-state index is 0.734. The zero-order valence-corrected chi connectivity index (χ0v) is 6.79. The first-order valence-electron chi connectivity index (χ1n) is 3.53. The fraction of sp³-hybridized carbons (Fsp3) is 0.375. The summed E-state index contributed by atoms with van der Waals surface area (Å²) < 4.78 is 0. The van der Waals surface area contributed by atoms with Gasteiger partial charge in [-0.3, -0.25) is 4.79 Å². The summed E-state index contributed by atoms with van der Waals surface area (Å²) in [5, 5.41) is 3.14. The molecule has 0 radical (unpaired) electrons. The van der Waals surface area contributed by atoms with Crippen LogP contribution in [0.5, 0.6) is 0 Å². The standard InChI is InChI=1S/C8H12N2O/c1-7-3-4-8(5-9-7)10(2)6-11/h3-4,6,9H,5H2,1-2H3. The van der Waals surface area contributed by atoms with E-state index in [1.807, 2.05) is 19.1 Å². The van der Waals surface area contributed by atoms with Gasteiger partial charge in [0, 0.05) is 18.4 Å².